The summed E-state index contributed by atoms with van der Waals surface area (Å²) >= 11 is 0. The standard InChI is InChI=1S/C17H20N6O2/c1-21(17(25)14-6-7-16(24)22(2)20-14)12-9-23(10-12)15-8-11-4-3-5-13(11)18-19-15/h6-8,12H,3-5,9-10H2,1-2H3. The Bertz CT molecular complexity index is 887. The molecule has 1 fully saturated rings. The first-order valence-electron chi connectivity index (χ1n) is 8.45. The Labute approximate surface area is 145 Å². The monoisotopic (exact) mass is 340 g/mol. The van der Waals surface area contributed by atoms with Gasteiger partial charge in [0.25, 0.3) is 11.5 Å². The van der Waals surface area contributed by atoms with Crippen LogP contribution in [0.1, 0.15) is 28.2 Å². The van der Waals surface area contributed by atoms with E-state index in [1.165, 1.54) is 29.4 Å². The van der Waals surface area contributed by atoms with Crippen molar-refractivity contribution in [2.24, 2.45) is 7.05 Å². The molecule has 8 nitrogen and oxygen atoms in total. The van der Waals surface area contributed by atoms with Crippen LogP contribution in [0.4, 0.5) is 5.82 Å². The van der Waals surface area contributed by atoms with E-state index in [1.54, 1.807) is 11.9 Å². The number of carbonyl (C=O) groups is 1. The van der Waals surface area contributed by atoms with Gasteiger partial charge in [-0.05, 0) is 37.0 Å². The fourth-order valence-corrected chi connectivity index (χ4v) is 3.32. The number of aryl methyl sites for hydroxylation is 3. The van der Waals surface area contributed by atoms with Crippen LogP contribution in [0.5, 0.6) is 0 Å². The molecule has 0 atom stereocenters. The van der Waals surface area contributed by atoms with Crippen molar-refractivity contribution in [2.45, 2.75) is 25.3 Å². The van der Waals surface area contributed by atoms with Crippen LogP contribution < -0.4 is 10.5 Å². The molecular weight excluding hydrogens is 320 g/mol. The molecule has 0 aromatic carbocycles. The molecule has 1 saturated heterocycles. The Morgan fingerprint density at radius 3 is 2.80 bits per heavy atom. The molecule has 3 heterocycles. The number of likely N-dealkylation sites (N-methyl/N-ethyl adjacent to an activating group) is 1. The van der Waals surface area contributed by atoms with Crippen LogP contribution >= 0.6 is 0 Å². The van der Waals surface area contributed by atoms with Crippen molar-refractivity contribution in [1.82, 2.24) is 24.9 Å². The topological polar surface area (TPSA) is 84.2 Å². The normalized spacial score (nSPS) is 16.5. The Kier molecular flexibility index (Phi) is 3.74. The number of nitrogens with zero attached hydrogens (tertiary/aromatic N) is 6. The van der Waals surface area contributed by atoms with E-state index in [9.17, 15) is 9.59 Å². The Morgan fingerprint density at radius 1 is 1.24 bits per heavy atom. The highest BCUT2D eigenvalue weighted by Gasteiger charge is 2.34. The van der Waals surface area contributed by atoms with Gasteiger partial charge in [0.2, 0.25) is 0 Å². The highest BCUT2D eigenvalue weighted by molar-refractivity contribution is 5.92. The number of aromatic nitrogens is 4. The van der Waals surface area contributed by atoms with Gasteiger partial charge in [0.15, 0.2) is 5.82 Å². The summed E-state index contributed by atoms with van der Waals surface area (Å²) in [5.41, 5.74) is 2.46. The molecule has 0 bridgehead atoms. The summed E-state index contributed by atoms with van der Waals surface area (Å²) in [6, 6.07) is 5.06. The van der Waals surface area contributed by atoms with Crippen LogP contribution in [0, 0.1) is 0 Å². The summed E-state index contributed by atoms with van der Waals surface area (Å²) in [7, 11) is 3.31. The van der Waals surface area contributed by atoms with E-state index in [1.807, 2.05) is 0 Å². The average molecular weight is 340 g/mol. The number of fused-ring (bicyclic) bond motifs is 1. The Balaban J connectivity index is 1.42. The second kappa shape index (κ2) is 5.94. The SMILES string of the molecule is CN(C(=O)c1ccc(=O)n(C)n1)C1CN(c2cc3c(nn2)CCC3)C1. The summed E-state index contributed by atoms with van der Waals surface area (Å²) < 4.78 is 1.17. The predicted molar refractivity (Wildman–Crippen MR) is 91.6 cm³/mol. The summed E-state index contributed by atoms with van der Waals surface area (Å²) in [4.78, 5) is 27.8. The summed E-state index contributed by atoms with van der Waals surface area (Å²) in [5.74, 6) is 0.707. The molecule has 2 aromatic heterocycles. The van der Waals surface area contributed by atoms with E-state index < -0.39 is 0 Å². The number of carbonyl (C=O) groups excluding carboxylic acids is 1. The van der Waals surface area contributed by atoms with E-state index >= 15 is 0 Å². The molecule has 0 spiro atoms. The average Bonchev–Trinajstić information content (AvgIpc) is 3.03. The molecule has 2 aliphatic rings. The van der Waals surface area contributed by atoms with Gasteiger partial charge in [-0.1, -0.05) is 0 Å². The molecule has 8 heteroatoms. The molecule has 0 unspecified atom stereocenters. The summed E-state index contributed by atoms with van der Waals surface area (Å²) in [5, 5.41) is 12.7. The molecule has 130 valence electrons. The van der Waals surface area contributed by atoms with Crippen LogP contribution in [0.2, 0.25) is 0 Å². The molecule has 1 aliphatic heterocycles. The fraction of sp³-hybridized carbons (Fsp3) is 0.471. The fourth-order valence-electron chi connectivity index (χ4n) is 3.32. The lowest BCUT2D eigenvalue weighted by atomic mass is 10.1. The van der Waals surface area contributed by atoms with E-state index in [0.29, 0.717) is 0 Å². The van der Waals surface area contributed by atoms with Crippen molar-refractivity contribution in [1.29, 1.82) is 0 Å². The van der Waals surface area contributed by atoms with Crippen molar-refractivity contribution in [3.8, 4) is 0 Å². The number of hydrogen-bond donors (Lipinski definition) is 0. The number of hydrogen-bond acceptors (Lipinski definition) is 6. The summed E-state index contributed by atoms with van der Waals surface area (Å²) in [6.07, 6.45) is 3.25. The van der Waals surface area contributed by atoms with E-state index in [-0.39, 0.29) is 23.2 Å². The lowest BCUT2D eigenvalue weighted by Gasteiger charge is -2.44. The smallest absolute Gasteiger partial charge is 0.274 e. The number of anilines is 1. The van der Waals surface area contributed by atoms with Crippen molar-refractivity contribution >= 4 is 11.7 Å². The second-order valence-corrected chi connectivity index (χ2v) is 6.68. The molecule has 1 amide bonds. The highest BCUT2D eigenvalue weighted by atomic mass is 16.2. The zero-order valence-corrected chi connectivity index (χ0v) is 14.3. The summed E-state index contributed by atoms with van der Waals surface area (Å²) in [6.45, 7) is 1.45. The van der Waals surface area contributed by atoms with Gasteiger partial charge in [0, 0.05) is 33.3 Å². The van der Waals surface area contributed by atoms with Crippen LogP contribution in [0.25, 0.3) is 0 Å². The van der Waals surface area contributed by atoms with Gasteiger partial charge in [0.1, 0.15) is 5.69 Å². The van der Waals surface area contributed by atoms with Crippen LogP contribution in [0.3, 0.4) is 0 Å². The molecule has 25 heavy (non-hydrogen) atoms. The van der Waals surface area contributed by atoms with Crippen LogP contribution in [0.15, 0.2) is 23.0 Å². The third kappa shape index (κ3) is 2.77. The molecular formula is C17H20N6O2. The zero-order valence-electron chi connectivity index (χ0n) is 14.3. The van der Waals surface area contributed by atoms with Gasteiger partial charge in [-0.3, -0.25) is 9.59 Å². The zero-order chi connectivity index (χ0) is 17.6. The first-order chi connectivity index (χ1) is 12.0. The quantitative estimate of drug-likeness (QED) is 0.783. The van der Waals surface area contributed by atoms with Crippen molar-refractivity contribution < 1.29 is 4.79 Å². The maximum Gasteiger partial charge on any atom is 0.274 e. The van der Waals surface area contributed by atoms with E-state index in [2.05, 4.69) is 26.3 Å². The second-order valence-electron chi connectivity index (χ2n) is 6.68. The number of amides is 1. The molecule has 0 saturated carbocycles. The Morgan fingerprint density at radius 2 is 2.04 bits per heavy atom. The third-order valence-electron chi connectivity index (χ3n) is 5.04. The maximum atomic E-state index is 12.5. The molecule has 0 radical (unpaired) electrons. The minimum Gasteiger partial charge on any atom is -0.351 e. The molecule has 4 rings (SSSR count). The van der Waals surface area contributed by atoms with Gasteiger partial charge in [0.05, 0.1) is 11.7 Å². The predicted octanol–water partition coefficient (Wildman–Crippen LogP) is 0.0198. The van der Waals surface area contributed by atoms with Crippen molar-refractivity contribution in [3.05, 3.63) is 45.5 Å². The Hall–Kier alpha value is -2.77. The minimum atomic E-state index is -0.232. The molecule has 2 aromatic rings. The maximum absolute atomic E-state index is 12.5. The first kappa shape index (κ1) is 15.7. The lowest BCUT2D eigenvalue weighted by molar-refractivity contribution is 0.0696. The van der Waals surface area contributed by atoms with E-state index in [0.717, 1.165) is 43.9 Å². The van der Waals surface area contributed by atoms with Gasteiger partial charge in [-0.2, -0.15) is 10.2 Å². The minimum absolute atomic E-state index is 0.0987. The lowest BCUT2D eigenvalue weighted by Crippen LogP contribution is -2.60. The number of rotatable bonds is 3. The highest BCUT2D eigenvalue weighted by Crippen LogP contribution is 2.26. The molecule has 0 N–H and O–H groups in total. The first-order valence-corrected chi connectivity index (χ1v) is 8.45. The van der Waals surface area contributed by atoms with Gasteiger partial charge in [-0.15, -0.1) is 5.10 Å². The van der Waals surface area contributed by atoms with Crippen molar-refractivity contribution in [2.75, 3.05) is 25.0 Å². The molecule has 1 aliphatic carbocycles. The van der Waals surface area contributed by atoms with Crippen LogP contribution in [-0.4, -0.2) is 57.0 Å². The van der Waals surface area contributed by atoms with Crippen molar-refractivity contribution in [3.63, 3.8) is 0 Å². The van der Waals surface area contributed by atoms with E-state index in [4.69, 9.17) is 0 Å². The van der Waals surface area contributed by atoms with Gasteiger partial charge in [-0.25, -0.2) is 4.68 Å². The van der Waals surface area contributed by atoms with Gasteiger partial charge >= 0.3 is 0 Å². The van der Waals surface area contributed by atoms with Crippen LogP contribution in [-0.2, 0) is 19.9 Å². The van der Waals surface area contributed by atoms with Gasteiger partial charge < -0.3 is 9.80 Å². The third-order valence-corrected chi connectivity index (χ3v) is 5.04. The largest absolute Gasteiger partial charge is 0.351 e.